The van der Waals surface area contributed by atoms with Gasteiger partial charge in [0.2, 0.25) is 0 Å². The summed E-state index contributed by atoms with van der Waals surface area (Å²) in [6.45, 7) is 3.86. The summed E-state index contributed by atoms with van der Waals surface area (Å²) in [5, 5.41) is 7.84. The monoisotopic (exact) mass is 325 g/mol. The van der Waals surface area contributed by atoms with Crippen molar-refractivity contribution < 1.29 is 13.9 Å². The number of aromatic nitrogens is 3. The van der Waals surface area contributed by atoms with Gasteiger partial charge in [-0.25, -0.2) is 13.9 Å². The van der Waals surface area contributed by atoms with E-state index in [-0.39, 0.29) is 18.1 Å². The van der Waals surface area contributed by atoms with E-state index in [4.69, 9.17) is 4.74 Å². The van der Waals surface area contributed by atoms with Gasteiger partial charge in [0, 0.05) is 0 Å². The van der Waals surface area contributed by atoms with E-state index in [1.807, 2.05) is 31.2 Å². The van der Waals surface area contributed by atoms with Gasteiger partial charge in [0.1, 0.15) is 12.4 Å². The van der Waals surface area contributed by atoms with Crippen LogP contribution in [0.25, 0.3) is 5.69 Å². The molecule has 0 saturated carbocycles. The second-order valence-corrected chi connectivity index (χ2v) is 5.48. The lowest BCUT2D eigenvalue weighted by Crippen LogP contribution is -2.08. The molecule has 0 spiro atoms. The highest BCUT2D eigenvalue weighted by Gasteiger charge is 2.18. The molecule has 1 aromatic heterocycles. The summed E-state index contributed by atoms with van der Waals surface area (Å²) in [4.78, 5) is 12.2. The zero-order valence-corrected chi connectivity index (χ0v) is 13.4. The minimum atomic E-state index is -0.539. The molecule has 0 unspecified atom stereocenters. The average Bonchev–Trinajstić information content (AvgIpc) is 2.95. The highest BCUT2D eigenvalue weighted by Crippen LogP contribution is 2.14. The Morgan fingerprint density at radius 3 is 2.62 bits per heavy atom. The highest BCUT2D eigenvalue weighted by atomic mass is 19.1. The van der Waals surface area contributed by atoms with E-state index in [9.17, 15) is 9.18 Å². The third-order valence-electron chi connectivity index (χ3n) is 3.61. The number of esters is 1. The van der Waals surface area contributed by atoms with Crippen LogP contribution in [0.15, 0.2) is 48.5 Å². The maximum absolute atomic E-state index is 13.0. The van der Waals surface area contributed by atoms with E-state index >= 15 is 0 Å². The second-order valence-electron chi connectivity index (χ2n) is 5.48. The van der Waals surface area contributed by atoms with Crippen molar-refractivity contribution in [1.82, 2.24) is 15.0 Å². The minimum Gasteiger partial charge on any atom is -0.456 e. The van der Waals surface area contributed by atoms with Crippen LogP contribution in [-0.4, -0.2) is 21.0 Å². The maximum atomic E-state index is 13.0. The first-order valence-electron chi connectivity index (χ1n) is 7.45. The molecule has 3 rings (SSSR count). The molecule has 24 heavy (non-hydrogen) atoms. The molecule has 0 bridgehead atoms. The number of ether oxygens (including phenoxy) is 1. The lowest BCUT2D eigenvalue weighted by molar-refractivity contribution is 0.0464. The topological polar surface area (TPSA) is 57.0 Å². The van der Waals surface area contributed by atoms with Gasteiger partial charge in [-0.2, -0.15) is 0 Å². The molecule has 3 aromatic rings. The number of halogens is 1. The average molecular weight is 325 g/mol. The molecule has 0 fully saturated rings. The number of nitrogens with zero attached hydrogens (tertiary/aromatic N) is 3. The fraction of sp³-hybridized carbons (Fsp3) is 0.167. The Kier molecular flexibility index (Phi) is 4.37. The van der Waals surface area contributed by atoms with Gasteiger partial charge in [-0.05, 0) is 43.7 Å². The van der Waals surface area contributed by atoms with E-state index in [1.54, 1.807) is 19.1 Å². The zero-order valence-electron chi connectivity index (χ0n) is 13.4. The molecule has 1 heterocycles. The third kappa shape index (κ3) is 3.32. The Morgan fingerprint density at radius 2 is 1.92 bits per heavy atom. The molecule has 0 saturated heterocycles. The molecular formula is C18H16FN3O2. The van der Waals surface area contributed by atoms with Crippen LogP contribution in [0.3, 0.4) is 0 Å². The summed E-state index contributed by atoms with van der Waals surface area (Å²) < 4.78 is 19.8. The van der Waals surface area contributed by atoms with Crippen LogP contribution < -0.4 is 0 Å². The Hall–Kier alpha value is -3.02. The molecule has 0 radical (unpaired) electrons. The molecule has 6 heteroatoms. The van der Waals surface area contributed by atoms with Crippen LogP contribution in [0.1, 0.15) is 27.3 Å². The van der Waals surface area contributed by atoms with E-state index in [0.717, 1.165) is 11.1 Å². The highest BCUT2D eigenvalue weighted by molar-refractivity contribution is 5.88. The molecule has 0 N–H and O–H groups in total. The zero-order chi connectivity index (χ0) is 17.1. The quantitative estimate of drug-likeness (QED) is 0.690. The molecule has 0 amide bonds. The smallest absolute Gasteiger partial charge is 0.361 e. The number of rotatable bonds is 4. The summed E-state index contributed by atoms with van der Waals surface area (Å²) in [5.41, 5.74) is 3.32. The lowest BCUT2D eigenvalue weighted by Gasteiger charge is -2.05. The van der Waals surface area contributed by atoms with E-state index in [2.05, 4.69) is 10.3 Å². The molecule has 0 aliphatic rings. The number of hydrogen-bond acceptors (Lipinski definition) is 4. The maximum Gasteiger partial charge on any atom is 0.361 e. The van der Waals surface area contributed by atoms with Crippen molar-refractivity contribution in [2.45, 2.75) is 20.5 Å². The summed E-state index contributed by atoms with van der Waals surface area (Å²) in [7, 11) is 0. The lowest BCUT2D eigenvalue weighted by atomic mass is 10.1. The summed E-state index contributed by atoms with van der Waals surface area (Å²) >= 11 is 0. The normalized spacial score (nSPS) is 10.6. The van der Waals surface area contributed by atoms with E-state index in [0.29, 0.717) is 11.4 Å². The Bertz CT molecular complexity index is 872. The van der Waals surface area contributed by atoms with Crippen molar-refractivity contribution in [3.63, 3.8) is 0 Å². The van der Waals surface area contributed by atoms with Crippen LogP contribution >= 0.6 is 0 Å². The van der Waals surface area contributed by atoms with Crippen LogP contribution in [0.2, 0.25) is 0 Å². The van der Waals surface area contributed by atoms with Crippen LogP contribution in [-0.2, 0) is 11.3 Å². The van der Waals surface area contributed by atoms with Crippen molar-refractivity contribution in [2.24, 2.45) is 0 Å². The van der Waals surface area contributed by atoms with Gasteiger partial charge in [-0.3, -0.25) is 0 Å². The molecule has 0 aliphatic carbocycles. The standard InChI is InChI=1S/C18H16FN3O2/c1-12-4-3-5-14(10-12)11-24-18(23)17-13(2)22(21-20-17)16-8-6-15(19)7-9-16/h3-10H,11H2,1-2H3. The van der Waals surface area contributed by atoms with Gasteiger partial charge in [0.25, 0.3) is 0 Å². The Morgan fingerprint density at radius 1 is 1.17 bits per heavy atom. The number of carbonyl (C=O) groups excluding carboxylic acids is 1. The molecule has 5 nitrogen and oxygen atoms in total. The molecular weight excluding hydrogens is 309 g/mol. The van der Waals surface area contributed by atoms with Crippen molar-refractivity contribution in [3.8, 4) is 5.69 Å². The Balaban J connectivity index is 1.75. The molecule has 0 aliphatic heterocycles. The second kappa shape index (κ2) is 6.62. The molecule has 2 aromatic carbocycles. The number of hydrogen-bond donors (Lipinski definition) is 0. The SMILES string of the molecule is Cc1cccc(COC(=O)c2nnn(-c3ccc(F)cc3)c2C)c1. The number of carbonyl (C=O) groups is 1. The van der Waals surface area contributed by atoms with Gasteiger partial charge >= 0.3 is 5.97 Å². The molecule has 0 atom stereocenters. The minimum absolute atomic E-state index is 0.145. The molecule has 122 valence electrons. The largest absolute Gasteiger partial charge is 0.456 e. The first kappa shape index (κ1) is 15.9. The summed E-state index contributed by atoms with van der Waals surface area (Å²) in [6, 6.07) is 13.5. The first-order chi connectivity index (χ1) is 11.5. The van der Waals surface area contributed by atoms with Gasteiger partial charge in [-0.15, -0.1) is 5.10 Å². The van der Waals surface area contributed by atoms with Gasteiger partial charge in [-0.1, -0.05) is 35.0 Å². The summed E-state index contributed by atoms with van der Waals surface area (Å²) in [6.07, 6.45) is 0. The van der Waals surface area contributed by atoms with Crippen LogP contribution in [0.4, 0.5) is 4.39 Å². The number of aryl methyl sites for hydroxylation is 1. The third-order valence-corrected chi connectivity index (χ3v) is 3.61. The van der Waals surface area contributed by atoms with E-state index < -0.39 is 5.97 Å². The first-order valence-corrected chi connectivity index (χ1v) is 7.45. The van der Waals surface area contributed by atoms with Gasteiger partial charge in [0.05, 0.1) is 11.4 Å². The van der Waals surface area contributed by atoms with Crippen molar-refractivity contribution in [3.05, 3.63) is 76.9 Å². The van der Waals surface area contributed by atoms with Crippen molar-refractivity contribution in [1.29, 1.82) is 0 Å². The fourth-order valence-corrected chi connectivity index (χ4v) is 2.36. The van der Waals surface area contributed by atoms with E-state index in [1.165, 1.54) is 16.8 Å². The number of benzene rings is 2. The predicted octanol–water partition coefficient (Wildman–Crippen LogP) is 3.38. The van der Waals surface area contributed by atoms with Gasteiger partial charge in [0.15, 0.2) is 5.69 Å². The Labute approximate surface area is 138 Å². The summed E-state index contributed by atoms with van der Waals surface area (Å²) in [5.74, 6) is -0.878. The van der Waals surface area contributed by atoms with Crippen molar-refractivity contribution in [2.75, 3.05) is 0 Å². The van der Waals surface area contributed by atoms with Gasteiger partial charge < -0.3 is 4.74 Å². The van der Waals surface area contributed by atoms with Crippen molar-refractivity contribution >= 4 is 5.97 Å². The van der Waals surface area contributed by atoms with Crippen LogP contribution in [0.5, 0.6) is 0 Å². The fourth-order valence-electron chi connectivity index (χ4n) is 2.36. The predicted molar refractivity (Wildman–Crippen MR) is 86.4 cm³/mol. The van der Waals surface area contributed by atoms with Crippen LogP contribution in [0, 0.1) is 19.7 Å².